The van der Waals surface area contributed by atoms with Gasteiger partial charge < -0.3 is 9.84 Å². The number of hydrogen-bond donors (Lipinski definition) is 1. The number of aliphatic hydroxyl groups is 1. The third kappa shape index (κ3) is 5.23. The van der Waals surface area contributed by atoms with Crippen LogP contribution in [0.2, 0.25) is 0 Å². The number of rotatable bonds is 9. The smallest absolute Gasteiger partial charge is 0.122 e. The summed E-state index contributed by atoms with van der Waals surface area (Å²) >= 11 is 0. The van der Waals surface area contributed by atoms with E-state index in [0.29, 0.717) is 6.04 Å². The first-order valence-electron chi connectivity index (χ1n) is 11.2. The van der Waals surface area contributed by atoms with E-state index in [4.69, 9.17) is 4.74 Å². The van der Waals surface area contributed by atoms with E-state index in [1.165, 1.54) is 22.3 Å². The second-order valence-corrected chi connectivity index (χ2v) is 8.55. The van der Waals surface area contributed by atoms with E-state index in [-0.39, 0.29) is 6.61 Å². The molecule has 1 saturated heterocycles. The van der Waals surface area contributed by atoms with E-state index in [2.05, 4.69) is 65.6 Å². The molecule has 3 rings (SSSR count). The Morgan fingerprint density at radius 1 is 1.10 bits per heavy atom. The number of aliphatic hydroxyl groups excluding tert-OH is 1. The van der Waals surface area contributed by atoms with Crippen molar-refractivity contribution in [2.45, 2.75) is 66.2 Å². The van der Waals surface area contributed by atoms with Crippen molar-refractivity contribution >= 4 is 0 Å². The molecule has 30 heavy (non-hydrogen) atoms. The van der Waals surface area contributed by atoms with Gasteiger partial charge in [-0.25, -0.2) is 0 Å². The molecule has 1 aliphatic rings. The predicted octanol–water partition coefficient (Wildman–Crippen LogP) is 3.30. The summed E-state index contributed by atoms with van der Waals surface area (Å²) in [5, 5.41) is 14.3. The molecule has 1 unspecified atom stereocenters. The van der Waals surface area contributed by atoms with E-state index >= 15 is 0 Å². The molecule has 1 N–H and O–H groups in total. The highest BCUT2D eigenvalue weighted by atomic mass is 16.5. The third-order valence-corrected chi connectivity index (χ3v) is 6.49. The Morgan fingerprint density at radius 3 is 2.60 bits per heavy atom. The molecule has 2 heterocycles. The molecule has 0 amide bonds. The lowest BCUT2D eigenvalue weighted by atomic mass is 10.00. The normalized spacial score (nSPS) is 18.1. The topological polar surface area (TPSA) is 53.8 Å². The van der Waals surface area contributed by atoms with Crippen LogP contribution < -0.4 is 4.74 Å². The molecule has 6 heteroatoms. The van der Waals surface area contributed by atoms with Crippen LogP contribution in [0.1, 0.15) is 47.7 Å². The Kier molecular flexibility index (Phi) is 7.92. The number of hydrogen-bond acceptors (Lipinski definition) is 5. The molecule has 166 valence electrons. The Labute approximate surface area is 181 Å². The molecule has 0 aliphatic carbocycles. The maximum atomic E-state index is 9.68. The van der Waals surface area contributed by atoms with Crippen LogP contribution in [-0.4, -0.2) is 64.1 Å². The summed E-state index contributed by atoms with van der Waals surface area (Å²) in [4.78, 5) is 5.05. The lowest BCUT2D eigenvalue weighted by molar-refractivity contribution is 0.0497. The third-order valence-electron chi connectivity index (χ3n) is 6.49. The summed E-state index contributed by atoms with van der Waals surface area (Å²) in [6, 6.07) is 4.62. The number of ether oxygens (including phenoxy) is 1. The SMILES string of the molecule is CCCn1cc(CN2CCN(Cc3ccc(OC)c(C)c3C)C(CCO)C2)c(C)n1. The van der Waals surface area contributed by atoms with Gasteiger partial charge >= 0.3 is 0 Å². The summed E-state index contributed by atoms with van der Waals surface area (Å²) < 4.78 is 7.54. The molecule has 0 saturated carbocycles. The summed E-state index contributed by atoms with van der Waals surface area (Å²) in [6.45, 7) is 14.7. The molecule has 1 aliphatic heterocycles. The summed E-state index contributed by atoms with van der Waals surface area (Å²) in [6.07, 6.45) is 4.11. The van der Waals surface area contributed by atoms with Crippen molar-refractivity contribution in [2.75, 3.05) is 33.4 Å². The Bertz CT molecular complexity index is 833. The Morgan fingerprint density at radius 2 is 1.90 bits per heavy atom. The molecule has 1 fully saturated rings. The molecule has 1 aromatic heterocycles. The van der Waals surface area contributed by atoms with Crippen molar-refractivity contribution in [2.24, 2.45) is 0 Å². The maximum absolute atomic E-state index is 9.68. The molecular formula is C24H38N4O2. The molecule has 1 aromatic carbocycles. The van der Waals surface area contributed by atoms with Gasteiger partial charge in [-0.3, -0.25) is 14.5 Å². The average Bonchev–Trinajstić information content (AvgIpc) is 3.06. The Balaban J connectivity index is 1.67. The average molecular weight is 415 g/mol. The van der Waals surface area contributed by atoms with Crippen LogP contribution in [0.3, 0.4) is 0 Å². The maximum Gasteiger partial charge on any atom is 0.122 e. The standard InChI is InChI=1S/C24H38N4O2/c1-6-10-28-16-22(20(4)25-28)14-26-11-12-27(23(17-26)9-13-29)15-21-7-8-24(30-5)19(3)18(21)2/h7-8,16,23,29H,6,9-15,17H2,1-5H3. The van der Waals surface area contributed by atoms with Crippen LogP contribution in [0.25, 0.3) is 0 Å². The first-order valence-corrected chi connectivity index (χ1v) is 11.2. The highest BCUT2D eigenvalue weighted by molar-refractivity contribution is 5.43. The minimum absolute atomic E-state index is 0.225. The van der Waals surface area contributed by atoms with Crippen molar-refractivity contribution in [3.05, 3.63) is 46.3 Å². The van der Waals surface area contributed by atoms with Crippen LogP contribution in [0, 0.1) is 20.8 Å². The number of aryl methyl sites for hydroxylation is 2. The molecular weight excluding hydrogens is 376 g/mol. The van der Waals surface area contributed by atoms with Crippen molar-refractivity contribution in [1.82, 2.24) is 19.6 Å². The van der Waals surface area contributed by atoms with E-state index in [1.54, 1.807) is 7.11 Å². The number of methoxy groups -OCH3 is 1. The lowest BCUT2D eigenvalue weighted by Crippen LogP contribution is -2.52. The summed E-state index contributed by atoms with van der Waals surface area (Å²) in [7, 11) is 1.73. The van der Waals surface area contributed by atoms with Gasteiger partial charge in [-0.1, -0.05) is 13.0 Å². The lowest BCUT2D eigenvalue weighted by Gasteiger charge is -2.41. The van der Waals surface area contributed by atoms with Gasteiger partial charge in [-0.05, 0) is 56.4 Å². The van der Waals surface area contributed by atoms with Crippen molar-refractivity contribution in [3.8, 4) is 5.75 Å². The van der Waals surface area contributed by atoms with Crippen LogP contribution in [0.15, 0.2) is 18.3 Å². The van der Waals surface area contributed by atoms with Gasteiger partial charge in [0.05, 0.1) is 12.8 Å². The monoisotopic (exact) mass is 414 g/mol. The Hall–Kier alpha value is -1.89. The molecule has 0 radical (unpaired) electrons. The van der Waals surface area contributed by atoms with Crippen LogP contribution in [0.5, 0.6) is 5.75 Å². The van der Waals surface area contributed by atoms with E-state index in [9.17, 15) is 5.11 Å². The fourth-order valence-electron chi connectivity index (χ4n) is 4.49. The quantitative estimate of drug-likeness (QED) is 0.682. The summed E-state index contributed by atoms with van der Waals surface area (Å²) in [5.41, 5.74) is 6.32. The van der Waals surface area contributed by atoms with Gasteiger partial charge in [0.25, 0.3) is 0 Å². The summed E-state index contributed by atoms with van der Waals surface area (Å²) in [5.74, 6) is 0.951. The van der Waals surface area contributed by atoms with Crippen LogP contribution in [-0.2, 0) is 19.6 Å². The zero-order valence-corrected chi connectivity index (χ0v) is 19.3. The molecule has 2 aromatic rings. The zero-order valence-electron chi connectivity index (χ0n) is 19.3. The number of aromatic nitrogens is 2. The van der Waals surface area contributed by atoms with Gasteiger partial charge in [-0.2, -0.15) is 5.10 Å². The second-order valence-electron chi connectivity index (χ2n) is 8.55. The predicted molar refractivity (Wildman–Crippen MR) is 121 cm³/mol. The first-order chi connectivity index (χ1) is 14.5. The highest BCUT2D eigenvalue weighted by Crippen LogP contribution is 2.26. The molecule has 0 bridgehead atoms. The van der Waals surface area contributed by atoms with Crippen molar-refractivity contribution in [1.29, 1.82) is 0 Å². The van der Waals surface area contributed by atoms with Crippen LogP contribution >= 0.6 is 0 Å². The molecule has 1 atom stereocenters. The van der Waals surface area contributed by atoms with E-state index in [1.807, 2.05) is 0 Å². The first kappa shape index (κ1) is 22.8. The molecule has 0 spiro atoms. The minimum Gasteiger partial charge on any atom is -0.496 e. The number of nitrogens with zero attached hydrogens (tertiary/aromatic N) is 4. The van der Waals surface area contributed by atoms with Crippen molar-refractivity contribution < 1.29 is 9.84 Å². The zero-order chi connectivity index (χ0) is 21.7. The van der Waals surface area contributed by atoms with E-state index < -0.39 is 0 Å². The van der Waals surface area contributed by atoms with Gasteiger partial charge in [0, 0.05) is 63.7 Å². The largest absolute Gasteiger partial charge is 0.496 e. The van der Waals surface area contributed by atoms with Gasteiger partial charge in [0.15, 0.2) is 0 Å². The number of benzene rings is 1. The van der Waals surface area contributed by atoms with Gasteiger partial charge in [0.1, 0.15) is 5.75 Å². The molecule has 6 nitrogen and oxygen atoms in total. The van der Waals surface area contributed by atoms with Crippen LogP contribution in [0.4, 0.5) is 0 Å². The fraction of sp³-hybridized carbons (Fsp3) is 0.625. The fourth-order valence-corrected chi connectivity index (χ4v) is 4.49. The van der Waals surface area contributed by atoms with Gasteiger partial charge in [-0.15, -0.1) is 0 Å². The van der Waals surface area contributed by atoms with Crippen molar-refractivity contribution in [3.63, 3.8) is 0 Å². The number of piperazine rings is 1. The second kappa shape index (κ2) is 10.4. The van der Waals surface area contributed by atoms with E-state index in [0.717, 1.165) is 63.6 Å². The minimum atomic E-state index is 0.225. The highest BCUT2D eigenvalue weighted by Gasteiger charge is 2.27. The van der Waals surface area contributed by atoms with Gasteiger partial charge in [0.2, 0.25) is 0 Å².